The van der Waals surface area contributed by atoms with Crippen LogP contribution in [0.15, 0.2) is 41.2 Å². The molecule has 140 valence electrons. The summed E-state index contributed by atoms with van der Waals surface area (Å²) in [6.07, 6.45) is 11.2. The van der Waals surface area contributed by atoms with Gasteiger partial charge < -0.3 is 10.3 Å². The third kappa shape index (κ3) is 2.89. The molecule has 3 aliphatic carbocycles. The van der Waals surface area contributed by atoms with Crippen molar-refractivity contribution < 1.29 is 4.79 Å². The van der Waals surface area contributed by atoms with E-state index in [4.69, 9.17) is 4.98 Å². The summed E-state index contributed by atoms with van der Waals surface area (Å²) in [5.74, 6) is 1.16. The fraction of sp³-hybridized carbons (Fsp3) is 0.500. The van der Waals surface area contributed by atoms with Gasteiger partial charge in [0.15, 0.2) is 0 Å². The largest absolute Gasteiger partial charge is 0.353 e. The van der Waals surface area contributed by atoms with E-state index in [0.29, 0.717) is 22.8 Å². The number of allylic oxidation sites excluding steroid dienone is 2. The molecule has 0 aliphatic heterocycles. The first-order valence-corrected chi connectivity index (χ1v) is 10.2. The predicted molar refractivity (Wildman–Crippen MR) is 104 cm³/mol. The van der Waals surface area contributed by atoms with Gasteiger partial charge in [-0.1, -0.05) is 43.5 Å². The minimum absolute atomic E-state index is 0.0408. The highest BCUT2D eigenvalue weighted by Gasteiger charge is 2.50. The zero-order valence-electron chi connectivity index (χ0n) is 15.4. The SMILES string of the molecule is O=C(NC1CCCCC1)C1C2C=CC(C2)C1c1nc2ccccc2c(=O)[nH]1. The summed E-state index contributed by atoms with van der Waals surface area (Å²) >= 11 is 0. The number of carbonyl (C=O) groups excluding carboxylic acids is 1. The molecule has 2 fully saturated rings. The highest BCUT2D eigenvalue weighted by Crippen LogP contribution is 2.52. The van der Waals surface area contributed by atoms with Crippen LogP contribution in [0.5, 0.6) is 0 Å². The van der Waals surface area contributed by atoms with Gasteiger partial charge >= 0.3 is 0 Å². The van der Waals surface area contributed by atoms with Gasteiger partial charge in [-0.3, -0.25) is 9.59 Å². The van der Waals surface area contributed by atoms with Crippen molar-refractivity contribution >= 4 is 16.8 Å². The van der Waals surface area contributed by atoms with Crippen molar-refractivity contribution in [2.24, 2.45) is 17.8 Å². The highest BCUT2D eigenvalue weighted by atomic mass is 16.2. The highest BCUT2D eigenvalue weighted by molar-refractivity contribution is 5.82. The summed E-state index contributed by atoms with van der Waals surface area (Å²) in [6, 6.07) is 7.71. The van der Waals surface area contributed by atoms with Crippen LogP contribution >= 0.6 is 0 Å². The number of amides is 1. The third-order valence-electron chi connectivity index (χ3n) is 6.66. The molecule has 1 aromatic carbocycles. The van der Waals surface area contributed by atoms with E-state index in [1.807, 2.05) is 18.2 Å². The molecular weight excluding hydrogens is 338 g/mol. The number of fused-ring (bicyclic) bond motifs is 3. The van der Waals surface area contributed by atoms with Gasteiger partial charge in [0.05, 0.1) is 16.8 Å². The monoisotopic (exact) mass is 363 g/mol. The van der Waals surface area contributed by atoms with Crippen molar-refractivity contribution in [2.45, 2.75) is 50.5 Å². The molecule has 4 atom stereocenters. The van der Waals surface area contributed by atoms with Crippen LogP contribution in [0, 0.1) is 17.8 Å². The molecule has 5 heteroatoms. The van der Waals surface area contributed by atoms with Crippen molar-refractivity contribution in [1.82, 2.24) is 15.3 Å². The van der Waals surface area contributed by atoms with E-state index in [9.17, 15) is 9.59 Å². The van der Waals surface area contributed by atoms with Gasteiger partial charge in [0, 0.05) is 12.0 Å². The Morgan fingerprint density at radius 3 is 2.70 bits per heavy atom. The Hall–Kier alpha value is -2.43. The van der Waals surface area contributed by atoms with Crippen molar-refractivity contribution in [3.8, 4) is 0 Å². The van der Waals surface area contributed by atoms with Gasteiger partial charge in [-0.25, -0.2) is 4.98 Å². The van der Waals surface area contributed by atoms with E-state index in [-0.39, 0.29) is 35.1 Å². The van der Waals surface area contributed by atoms with E-state index < -0.39 is 0 Å². The number of aromatic nitrogens is 2. The lowest BCUT2D eigenvalue weighted by atomic mass is 9.81. The van der Waals surface area contributed by atoms with E-state index in [1.165, 1.54) is 19.3 Å². The third-order valence-corrected chi connectivity index (χ3v) is 6.66. The average Bonchev–Trinajstić information content (AvgIpc) is 3.30. The first-order valence-electron chi connectivity index (χ1n) is 10.2. The van der Waals surface area contributed by atoms with Crippen LogP contribution < -0.4 is 10.9 Å². The Kier molecular flexibility index (Phi) is 4.10. The van der Waals surface area contributed by atoms with Crippen LogP contribution in [-0.2, 0) is 4.79 Å². The van der Waals surface area contributed by atoms with Crippen LogP contribution in [0.4, 0.5) is 0 Å². The molecule has 27 heavy (non-hydrogen) atoms. The van der Waals surface area contributed by atoms with Gasteiger partial charge in [0.25, 0.3) is 5.56 Å². The maximum absolute atomic E-state index is 13.2. The lowest BCUT2D eigenvalue weighted by Gasteiger charge is -2.30. The molecule has 2 aromatic rings. The molecule has 0 radical (unpaired) electrons. The number of carbonyl (C=O) groups is 1. The van der Waals surface area contributed by atoms with Crippen LogP contribution in [0.3, 0.4) is 0 Å². The second-order valence-electron chi connectivity index (χ2n) is 8.31. The number of para-hydroxylation sites is 1. The van der Waals surface area contributed by atoms with Gasteiger partial charge in [-0.2, -0.15) is 0 Å². The molecule has 0 spiro atoms. The predicted octanol–water partition coefficient (Wildman–Crippen LogP) is 3.28. The van der Waals surface area contributed by atoms with Gasteiger partial charge in [0.2, 0.25) is 5.91 Å². The smallest absolute Gasteiger partial charge is 0.258 e. The topological polar surface area (TPSA) is 74.8 Å². The lowest BCUT2D eigenvalue weighted by Crippen LogP contribution is -2.43. The first kappa shape index (κ1) is 16.7. The maximum atomic E-state index is 13.2. The first-order chi connectivity index (χ1) is 13.2. The summed E-state index contributed by atoms with van der Waals surface area (Å²) in [4.78, 5) is 33.4. The van der Waals surface area contributed by atoms with Crippen molar-refractivity contribution in [2.75, 3.05) is 0 Å². The molecule has 0 saturated heterocycles. The minimum Gasteiger partial charge on any atom is -0.353 e. The molecule has 1 amide bonds. The molecule has 2 bridgehead atoms. The number of aromatic amines is 1. The van der Waals surface area contributed by atoms with Crippen LogP contribution in [-0.4, -0.2) is 21.9 Å². The Labute approximate surface area is 158 Å². The van der Waals surface area contributed by atoms with E-state index in [1.54, 1.807) is 6.07 Å². The lowest BCUT2D eigenvalue weighted by molar-refractivity contribution is -0.127. The summed E-state index contributed by atoms with van der Waals surface area (Å²) in [6.45, 7) is 0. The standard InChI is InChI=1S/C22H25N3O2/c26-21-16-8-4-5-9-17(16)24-20(25-21)18-13-10-11-14(12-13)19(18)22(27)23-15-6-2-1-3-7-15/h4-5,8-11,13-15,18-19H,1-3,6-7,12H2,(H,23,27)(H,24,25,26). The second-order valence-corrected chi connectivity index (χ2v) is 8.31. The van der Waals surface area contributed by atoms with Crippen LogP contribution in [0.1, 0.15) is 50.3 Å². The number of rotatable bonds is 3. The van der Waals surface area contributed by atoms with Crippen molar-refractivity contribution in [3.05, 3.63) is 52.6 Å². The zero-order valence-corrected chi connectivity index (χ0v) is 15.4. The summed E-state index contributed by atoms with van der Waals surface area (Å²) < 4.78 is 0. The molecule has 1 aromatic heterocycles. The number of H-pyrrole nitrogens is 1. The molecule has 4 unspecified atom stereocenters. The Bertz CT molecular complexity index is 957. The van der Waals surface area contributed by atoms with Gasteiger partial charge in [0.1, 0.15) is 5.82 Å². The number of hydrogen-bond acceptors (Lipinski definition) is 3. The van der Waals surface area contributed by atoms with Crippen molar-refractivity contribution in [3.63, 3.8) is 0 Å². The molecule has 3 aliphatic rings. The fourth-order valence-corrected chi connectivity index (χ4v) is 5.36. The summed E-state index contributed by atoms with van der Waals surface area (Å²) in [5, 5.41) is 3.90. The van der Waals surface area contributed by atoms with E-state index >= 15 is 0 Å². The Balaban J connectivity index is 1.48. The van der Waals surface area contributed by atoms with E-state index in [0.717, 1.165) is 19.3 Å². The maximum Gasteiger partial charge on any atom is 0.258 e. The zero-order chi connectivity index (χ0) is 18.4. The fourth-order valence-electron chi connectivity index (χ4n) is 5.36. The summed E-state index contributed by atoms with van der Waals surface area (Å²) in [7, 11) is 0. The van der Waals surface area contributed by atoms with Gasteiger partial charge in [-0.15, -0.1) is 0 Å². The second kappa shape index (κ2) is 6.63. The Morgan fingerprint density at radius 2 is 1.85 bits per heavy atom. The molecule has 1 heterocycles. The van der Waals surface area contributed by atoms with Crippen molar-refractivity contribution in [1.29, 1.82) is 0 Å². The normalized spacial score (nSPS) is 30.1. The molecule has 5 rings (SSSR count). The molecule has 5 nitrogen and oxygen atoms in total. The minimum atomic E-state index is -0.133. The molecule has 2 N–H and O–H groups in total. The average molecular weight is 363 g/mol. The quantitative estimate of drug-likeness (QED) is 0.822. The van der Waals surface area contributed by atoms with Gasteiger partial charge in [-0.05, 0) is 43.2 Å². The number of benzene rings is 1. The van der Waals surface area contributed by atoms with Crippen LogP contribution in [0.2, 0.25) is 0 Å². The Morgan fingerprint density at radius 1 is 1.07 bits per heavy atom. The summed E-state index contributed by atoms with van der Waals surface area (Å²) in [5.41, 5.74) is 0.586. The number of nitrogens with zero attached hydrogens (tertiary/aromatic N) is 1. The van der Waals surface area contributed by atoms with Crippen LogP contribution in [0.25, 0.3) is 10.9 Å². The number of hydrogen-bond donors (Lipinski definition) is 2. The molecule has 2 saturated carbocycles. The van der Waals surface area contributed by atoms with E-state index in [2.05, 4.69) is 22.5 Å². The number of nitrogens with one attached hydrogen (secondary N) is 2. The molecular formula is C22H25N3O2.